The van der Waals surface area contributed by atoms with E-state index in [0.29, 0.717) is 19.8 Å². The third-order valence-corrected chi connectivity index (χ3v) is 2.16. The number of carbonyl (C=O) groups excluding carboxylic acids is 1. The van der Waals surface area contributed by atoms with Crippen LogP contribution in [0.15, 0.2) is 0 Å². The number of amides is 1. The molecule has 1 amide bonds. The molecule has 2 N–H and O–H groups in total. The molecule has 0 spiro atoms. The zero-order valence-electron chi connectivity index (χ0n) is 7.66. The van der Waals surface area contributed by atoms with Gasteiger partial charge in [-0.05, 0) is 6.92 Å². The van der Waals surface area contributed by atoms with Crippen LogP contribution in [0, 0.1) is 0 Å². The predicted molar refractivity (Wildman–Crippen MR) is 53.4 cm³/mol. The van der Waals surface area contributed by atoms with Gasteiger partial charge in [0.05, 0.1) is 30.7 Å². The summed E-state index contributed by atoms with van der Waals surface area (Å²) in [5, 5.41) is 0. The number of morpholine rings is 1. The van der Waals surface area contributed by atoms with Crippen LogP contribution in [-0.4, -0.2) is 41.6 Å². The third-order valence-electron chi connectivity index (χ3n) is 2.01. The highest BCUT2D eigenvalue weighted by molar-refractivity contribution is 7.80. The van der Waals surface area contributed by atoms with Crippen molar-refractivity contribution in [2.75, 3.05) is 19.8 Å². The van der Waals surface area contributed by atoms with Gasteiger partial charge in [-0.15, -0.1) is 0 Å². The minimum absolute atomic E-state index is 0.00306. The van der Waals surface area contributed by atoms with E-state index in [1.165, 1.54) is 0 Å². The quantitative estimate of drug-likeness (QED) is 0.636. The molecule has 0 radical (unpaired) electrons. The molecule has 1 aliphatic rings. The summed E-state index contributed by atoms with van der Waals surface area (Å²) < 4.78 is 5.21. The number of nitrogens with zero attached hydrogens (tertiary/aromatic N) is 1. The molecule has 1 saturated heterocycles. The van der Waals surface area contributed by atoms with Gasteiger partial charge in [-0.25, -0.2) is 0 Å². The number of ether oxygens (including phenoxy) is 1. The van der Waals surface area contributed by atoms with E-state index in [1.807, 2.05) is 6.92 Å². The Bertz CT molecular complexity index is 220. The van der Waals surface area contributed by atoms with Crippen molar-refractivity contribution in [1.82, 2.24) is 4.90 Å². The monoisotopic (exact) mass is 202 g/mol. The van der Waals surface area contributed by atoms with Crippen LogP contribution in [0.5, 0.6) is 0 Å². The summed E-state index contributed by atoms with van der Waals surface area (Å²) in [4.78, 5) is 13.5. The van der Waals surface area contributed by atoms with Crippen molar-refractivity contribution >= 4 is 23.1 Å². The highest BCUT2D eigenvalue weighted by Crippen LogP contribution is 2.07. The Kier molecular flexibility index (Phi) is 3.62. The van der Waals surface area contributed by atoms with Crippen LogP contribution in [0.25, 0.3) is 0 Å². The molecule has 1 aliphatic heterocycles. The summed E-state index contributed by atoms with van der Waals surface area (Å²) in [5.41, 5.74) is 5.30. The number of hydrogen-bond donors (Lipinski definition) is 1. The Hall–Kier alpha value is -0.680. The minimum Gasteiger partial charge on any atom is -0.393 e. The molecule has 0 bridgehead atoms. The number of hydrogen-bond acceptors (Lipinski definition) is 3. The Balaban J connectivity index is 2.48. The van der Waals surface area contributed by atoms with Crippen molar-refractivity contribution < 1.29 is 9.53 Å². The van der Waals surface area contributed by atoms with Gasteiger partial charge < -0.3 is 15.4 Å². The van der Waals surface area contributed by atoms with Crippen molar-refractivity contribution in [3.63, 3.8) is 0 Å². The fraction of sp³-hybridized carbons (Fsp3) is 0.750. The smallest absolute Gasteiger partial charge is 0.229 e. The molecule has 0 aromatic carbocycles. The summed E-state index contributed by atoms with van der Waals surface area (Å²) >= 11 is 4.68. The topological polar surface area (TPSA) is 55.6 Å². The van der Waals surface area contributed by atoms with E-state index in [0.717, 1.165) is 0 Å². The van der Waals surface area contributed by atoms with Crippen LogP contribution in [0.4, 0.5) is 0 Å². The SMILES string of the molecule is CC1COCCN1C(=O)CC(N)=S. The zero-order chi connectivity index (χ0) is 9.84. The lowest BCUT2D eigenvalue weighted by molar-refractivity contribution is -0.137. The highest BCUT2D eigenvalue weighted by Gasteiger charge is 2.23. The second-order valence-corrected chi connectivity index (χ2v) is 3.68. The summed E-state index contributed by atoms with van der Waals surface area (Å²) in [5.74, 6) is 0.00306. The molecule has 0 aromatic rings. The molecule has 0 aromatic heterocycles. The molecular weight excluding hydrogens is 188 g/mol. The molecule has 1 unspecified atom stereocenters. The predicted octanol–water partition coefficient (Wildman–Crippen LogP) is -0.0901. The van der Waals surface area contributed by atoms with Gasteiger partial charge in [0.2, 0.25) is 5.91 Å². The first-order chi connectivity index (χ1) is 6.11. The fourth-order valence-corrected chi connectivity index (χ4v) is 1.47. The van der Waals surface area contributed by atoms with E-state index in [9.17, 15) is 4.79 Å². The zero-order valence-corrected chi connectivity index (χ0v) is 8.47. The van der Waals surface area contributed by atoms with Gasteiger partial charge in [-0.3, -0.25) is 4.79 Å². The van der Waals surface area contributed by atoms with Gasteiger partial charge in [0.1, 0.15) is 0 Å². The van der Waals surface area contributed by atoms with Crippen LogP contribution in [0.2, 0.25) is 0 Å². The standard InChI is InChI=1S/C8H14N2O2S/c1-6-5-12-3-2-10(6)8(11)4-7(9)13/h6H,2-5H2,1H3,(H2,9,13). The first kappa shape index (κ1) is 10.4. The normalized spacial score (nSPS) is 22.8. The minimum atomic E-state index is 0.00306. The second kappa shape index (κ2) is 4.53. The summed E-state index contributed by atoms with van der Waals surface area (Å²) in [6.45, 7) is 3.80. The molecule has 74 valence electrons. The lowest BCUT2D eigenvalue weighted by Crippen LogP contribution is -2.47. The van der Waals surface area contributed by atoms with Crippen LogP contribution in [-0.2, 0) is 9.53 Å². The molecule has 1 atom stereocenters. The number of carbonyl (C=O) groups is 1. The van der Waals surface area contributed by atoms with Gasteiger partial charge in [0.15, 0.2) is 0 Å². The molecule has 0 aliphatic carbocycles. The van der Waals surface area contributed by atoms with Crippen molar-refractivity contribution in [3.8, 4) is 0 Å². The maximum Gasteiger partial charge on any atom is 0.229 e. The summed E-state index contributed by atoms with van der Waals surface area (Å²) in [6.07, 6.45) is 0.166. The van der Waals surface area contributed by atoms with E-state index in [-0.39, 0.29) is 23.4 Å². The van der Waals surface area contributed by atoms with Crippen LogP contribution < -0.4 is 5.73 Å². The molecule has 1 heterocycles. The Morgan fingerprint density at radius 2 is 2.46 bits per heavy atom. The van der Waals surface area contributed by atoms with Gasteiger partial charge in [-0.2, -0.15) is 0 Å². The number of nitrogens with two attached hydrogens (primary N) is 1. The van der Waals surface area contributed by atoms with E-state index >= 15 is 0 Å². The maximum absolute atomic E-state index is 11.5. The summed E-state index contributed by atoms with van der Waals surface area (Å²) in [7, 11) is 0. The van der Waals surface area contributed by atoms with Crippen LogP contribution in [0.3, 0.4) is 0 Å². The first-order valence-corrected chi connectivity index (χ1v) is 4.67. The van der Waals surface area contributed by atoms with E-state index < -0.39 is 0 Å². The van der Waals surface area contributed by atoms with Gasteiger partial charge in [0, 0.05) is 6.54 Å². The Labute approximate surface area is 83.0 Å². The molecular formula is C8H14N2O2S. The van der Waals surface area contributed by atoms with E-state index in [1.54, 1.807) is 4.90 Å². The largest absolute Gasteiger partial charge is 0.393 e. The number of thiocarbonyl (C=S) groups is 1. The van der Waals surface area contributed by atoms with Crippen LogP contribution in [0.1, 0.15) is 13.3 Å². The van der Waals surface area contributed by atoms with Crippen molar-refractivity contribution in [2.45, 2.75) is 19.4 Å². The van der Waals surface area contributed by atoms with E-state index in [4.69, 9.17) is 10.5 Å². The highest BCUT2D eigenvalue weighted by atomic mass is 32.1. The van der Waals surface area contributed by atoms with Crippen molar-refractivity contribution in [2.24, 2.45) is 5.73 Å². The second-order valence-electron chi connectivity index (χ2n) is 3.15. The Morgan fingerprint density at radius 1 is 1.77 bits per heavy atom. The molecule has 1 rings (SSSR count). The fourth-order valence-electron chi connectivity index (χ4n) is 1.35. The molecule has 0 saturated carbocycles. The molecule has 4 nitrogen and oxygen atoms in total. The molecule has 1 fully saturated rings. The van der Waals surface area contributed by atoms with Crippen LogP contribution >= 0.6 is 12.2 Å². The average molecular weight is 202 g/mol. The van der Waals surface area contributed by atoms with Gasteiger partial charge >= 0.3 is 0 Å². The first-order valence-electron chi connectivity index (χ1n) is 4.27. The Morgan fingerprint density at radius 3 is 3.00 bits per heavy atom. The van der Waals surface area contributed by atoms with Gasteiger partial charge in [-0.1, -0.05) is 12.2 Å². The van der Waals surface area contributed by atoms with Crippen molar-refractivity contribution in [3.05, 3.63) is 0 Å². The summed E-state index contributed by atoms with van der Waals surface area (Å²) in [6, 6.07) is 0.135. The van der Waals surface area contributed by atoms with Gasteiger partial charge in [0.25, 0.3) is 0 Å². The third kappa shape index (κ3) is 2.93. The lowest BCUT2D eigenvalue weighted by Gasteiger charge is -2.33. The lowest BCUT2D eigenvalue weighted by atomic mass is 10.2. The van der Waals surface area contributed by atoms with Crippen molar-refractivity contribution in [1.29, 1.82) is 0 Å². The molecule has 5 heteroatoms. The molecule has 13 heavy (non-hydrogen) atoms. The maximum atomic E-state index is 11.5. The van der Waals surface area contributed by atoms with E-state index in [2.05, 4.69) is 12.2 Å². The average Bonchev–Trinajstić information content (AvgIpc) is 2.03. The number of rotatable bonds is 2.